The van der Waals surface area contributed by atoms with E-state index in [1.54, 1.807) is 11.1 Å². The van der Waals surface area contributed by atoms with Crippen LogP contribution in [0, 0.1) is 0 Å². The third kappa shape index (κ3) is 10.5. The van der Waals surface area contributed by atoms with Crippen molar-refractivity contribution in [3.63, 3.8) is 0 Å². The second kappa shape index (κ2) is 26.3. The molecule has 3 nitrogen and oxygen atoms in total. The van der Waals surface area contributed by atoms with E-state index < -0.39 is 0 Å². The summed E-state index contributed by atoms with van der Waals surface area (Å²) in [5, 5.41) is 4.71. The first-order valence-corrected chi connectivity index (χ1v) is 42.5. The summed E-state index contributed by atoms with van der Waals surface area (Å²) >= 11 is 0. The zero-order valence-electron chi connectivity index (χ0n) is 67.7. The lowest BCUT2D eigenvalue weighted by Crippen LogP contribution is -2.25. The molecule has 2 heterocycles. The highest BCUT2D eigenvalue weighted by Gasteiger charge is 2.46. The van der Waals surface area contributed by atoms with Crippen LogP contribution in [0.3, 0.4) is 0 Å². The fourth-order valence-electron chi connectivity index (χ4n) is 22.0. The Balaban J connectivity index is 0.612. The van der Waals surface area contributed by atoms with Crippen molar-refractivity contribution < 1.29 is 8.83 Å². The fraction of sp³-hybridized carbons (Fsp3) is 0.243. The molecule has 560 valence electrons. The predicted octanol–water partition coefficient (Wildman–Crippen LogP) is 31.8. The van der Waals surface area contributed by atoms with E-state index in [2.05, 4.69) is 347 Å². The molecule has 0 fully saturated rings. The molecule has 0 spiro atoms. The van der Waals surface area contributed by atoms with Gasteiger partial charge in [-0.1, -0.05) is 315 Å². The van der Waals surface area contributed by atoms with Gasteiger partial charge in [0.25, 0.3) is 0 Å². The molecule has 0 saturated carbocycles. The van der Waals surface area contributed by atoms with Crippen molar-refractivity contribution in [2.24, 2.45) is 0 Å². The maximum Gasteiger partial charge on any atom is 0.143 e. The summed E-state index contributed by atoms with van der Waals surface area (Å²) in [6.45, 7) is 24.1. The summed E-state index contributed by atoms with van der Waals surface area (Å²) in [6, 6.07) is 105. The Morgan fingerprint density at radius 3 is 1.32 bits per heavy atom. The number of fused-ring (bicyclic) bond motifs is 23. The zero-order valence-corrected chi connectivity index (χ0v) is 67.7. The highest BCUT2D eigenvalue weighted by molar-refractivity contribution is 6.19. The number of nitrogens with zero attached hydrogens (tertiary/aromatic N) is 1. The molecule has 21 rings (SSSR count). The van der Waals surface area contributed by atoms with Gasteiger partial charge in [0, 0.05) is 71.2 Å². The number of hydrogen-bond acceptors (Lipinski definition) is 3. The van der Waals surface area contributed by atoms with Crippen molar-refractivity contribution in [3.05, 3.63) is 329 Å². The van der Waals surface area contributed by atoms with Crippen molar-refractivity contribution in [2.75, 3.05) is 4.90 Å². The molecule has 5 aliphatic carbocycles. The van der Waals surface area contributed by atoms with Crippen molar-refractivity contribution >= 4 is 60.9 Å². The van der Waals surface area contributed by atoms with Crippen LogP contribution >= 0.6 is 0 Å². The molecule has 0 amide bonds. The van der Waals surface area contributed by atoms with E-state index in [1.165, 1.54) is 227 Å². The molecule has 2 aromatic heterocycles. The van der Waals surface area contributed by atoms with Gasteiger partial charge in [0.15, 0.2) is 0 Å². The average Bonchev–Trinajstić information content (AvgIpc) is 1.53. The fourth-order valence-corrected chi connectivity index (χ4v) is 22.0. The van der Waals surface area contributed by atoms with Crippen LogP contribution < -0.4 is 4.90 Å². The molecule has 114 heavy (non-hydrogen) atoms. The minimum absolute atomic E-state index is 0.0428. The Labute approximate surface area is 672 Å². The van der Waals surface area contributed by atoms with Gasteiger partial charge in [-0.2, -0.15) is 0 Å². The average molecular weight is 1480 g/mol. The van der Waals surface area contributed by atoms with Gasteiger partial charge in [0.1, 0.15) is 22.3 Å². The molecular weight excluding hydrogens is 1380 g/mol. The summed E-state index contributed by atoms with van der Waals surface area (Å²) in [7, 11) is 0. The van der Waals surface area contributed by atoms with Crippen LogP contribution in [0.15, 0.2) is 282 Å². The van der Waals surface area contributed by atoms with Crippen LogP contribution in [0.4, 0.5) is 17.1 Å². The summed E-state index contributed by atoms with van der Waals surface area (Å²) in [6.07, 6.45) is 15.5. The lowest BCUT2D eigenvalue weighted by Gasteiger charge is -2.33. The van der Waals surface area contributed by atoms with Crippen LogP contribution in [0.1, 0.15) is 202 Å². The molecule has 0 saturated heterocycles. The molecule has 0 atom stereocenters. The van der Waals surface area contributed by atoms with Gasteiger partial charge in [-0.05, 0) is 254 Å². The molecule has 16 aromatic rings. The van der Waals surface area contributed by atoms with Gasteiger partial charge in [-0.25, -0.2) is 0 Å². The van der Waals surface area contributed by atoms with Gasteiger partial charge in [0.05, 0.1) is 0 Å². The lowest BCUT2D eigenvalue weighted by molar-refractivity contribution is 0.399. The van der Waals surface area contributed by atoms with E-state index in [0.717, 1.165) is 55.9 Å². The van der Waals surface area contributed by atoms with E-state index >= 15 is 0 Å². The first-order valence-electron chi connectivity index (χ1n) is 42.5. The topological polar surface area (TPSA) is 29.5 Å². The second-order valence-electron chi connectivity index (χ2n) is 36.1. The third-order valence-electron chi connectivity index (χ3n) is 28.2. The molecule has 0 unspecified atom stereocenters. The first-order chi connectivity index (χ1) is 55.4. The highest BCUT2D eigenvalue weighted by atomic mass is 16.3. The summed E-state index contributed by atoms with van der Waals surface area (Å²) in [4.78, 5) is 2.50. The maximum absolute atomic E-state index is 7.15. The SMILES string of the molecule is CCCCCCCC1(CCCCCCC)c2ccccc2-c2ccc(-c3ccc4c(c3)C(C)(C)c3cc(-c5ccc(-c6cc7c(c8c6oc6ccccc68)-c6ccc(N(c8ccc(-c9ccccc9)cc8)c8ccc9c(c8)C(C)(C)c8cc%10c(cc8-9)C(C)(C)c8ccc9oc%11ccccc%11c9c8-%10)cc6C7(C)C)cc5)ccc3-4)cc21. The molecule has 0 aliphatic heterocycles. The molecule has 0 N–H and O–H groups in total. The molecule has 3 heteroatoms. The smallest absolute Gasteiger partial charge is 0.143 e. The van der Waals surface area contributed by atoms with Crippen LogP contribution in [0.2, 0.25) is 0 Å². The monoisotopic (exact) mass is 1480 g/mol. The third-order valence-corrected chi connectivity index (χ3v) is 28.2. The normalized spacial score (nSPS) is 15.4. The minimum atomic E-state index is -0.386. The first kappa shape index (κ1) is 70.4. The quantitative estimate of drug-likeness (QED) is 0.0756. The van der Waals surface area contributed by atoms with Gasteiger partial charge in [-0.3, -0.25) is 0 Å². The Kier molecular flexibility index (Phi) is 16.2. The summed E-state index contributed by atoms with van der Waals surface area (Å²) in [5.74, 6) is 0. The van der Waals surface area contributed by atoms with Gasteiger partial charge >= 0.3 is 0 Å². The molecule has 5 aliphatic rings. The van der Waals surface area contributed by atoms with E-state index in [4.69, 9.17) is 8.83 Å². The van der Waals surface area contributed by atoms with Gasteiger partial charge in [-0.15, -0.1) is 0 Å². The number of hydrogen-bond donors (Lipinski definition) is 0. The zero-order chi connectivity index (χ0) is 77.3. The summed E-state index contributed by atoms with van der Waals surface area (Å²) < 4.78 is 13.7. The van der Waals surface area contributed by atoms with E-state index in [0.29, 0.717) is 0 Å². The Morgan fingerprint density at radius 2 is 0.658 bits per heavy atom. The number of para-hydroxylation sites is 2. The van der Waals surface area contributed by atoms with Crippen LogP contribution in [0.5, 0.6) is 0 Å². The predicted molar refractivity (Wildman–Crippen MR) is 481 cm³/mol. The largest absolute Gasteiger partial charge is 0.456 e. The number of rotatable bonds is 19. The van der Waals surface area contributed by atoms with Gasteiger partial charge < -0.3 is 13.7 Å². The minimum Gasteiger partial charge on any atom is -0.456 e. The standard InChI is InChI=1S/C111H99NO2/c1-11-13-15-17-28-58-111(59-29-18-16-14-12-2)89-35-25-22-32-78(89)81-53-46-74(62-97(81)111)73-45-52-80-79-51-44-72(60-91(79)108(5,6)92(80)61-73)70-38-40-71(41-39-70)86-65-98-102(105-85-34-24-27-37-100(85)114-106(86)105)83-55-50-77(64-94(83)110(98,9)10)112(75-47-42-69(43-48-75)68-30-20-19-21-31-68)76-49-54-82-87-66-96-88(67-95(87)109(7,8)93(82)63-76)103-90(107(96,3)4)56-57-101-104(103)84-33-23-26-36-99(84)113-101/h19-27,30-57,60-67H,11-18,28-29,58-59H2,1-10H3. The second-order valence-corrected chi connectivity index (χ2v) is 36.1. The van der Waals surface area contributed by atoms with E-state index in [9.17, 15) is 0 Å². The highest BCUT2D eigenvalue weighted by Crippen LogP contribution is 2.62. The molecule has 14 aromatic carbocycles. The number of furan rings is 2. The molecular formula is C111H99NO2. The van der Waals surface area contributed by atoms with E-state index in [1.807, 2.05) is 0 Å². The lowest BCUT2D eigenvalue weighted by atomic mass is 9.70. The Morgan fingerprint density at radius 1 is 0.246 bits per heavy atom. The number of benzene rings is 14. The Bertz CT molecular complexity index is 6610. The molecule has 0 radical (unpaired) electrons. The van der Waals surface area contributed by atoms with Crippen molar-refractivity contribution in [1.29, 1.82) is 0 Å². The number of anilines is 3. The Hall–Kier alpha value is -11.5. The van der Waals surface area contributed by atoms with E-state index in [-0.39, 0.29) is 27.1 Å². The van der Waals surface area contributed by atoms with Crippen molar-refractivity contribution in [2.45, 2.75) is 173 Å². The number of unbranched alkanes of at least 4 members (excludes halogenated alkanes) is 8. The van der Waals surface area contributed by atoms with Crippen molar-refractivity contribution in [1.82, 2.24) is 0 Å². The van der Waals surface area contributed by atoms with Crippen LogP contribution in [-0.2, 0) is 27.1 Å². The maximum atomic E-state index is 7.15. The summed E-state index contributed by atoms with van der Waals surface area (Å²) in [5.41, 5.74) is 43.0. The van der Waals surface area contributed by atoms with Gasteiger partial charge in [0.2, 0.25) is 0 Å². The molecule has 0 bridgehead atoms. The van der Waals surface area contributed by atoms with Crippen LogP contribution in [-0.4, -0.2) is 0 Å². The van der Waals surface area contributed by atoms with Crippen molar-refractivity contribution in [3.8, 4) is 100 Å². The van der Waals surface area contributed by atoms with Crippen LogP contribution in [0.25, 0.3) is 144 Å².